The zero-order chi connectivity index (χ0) is 26.5. The zero-order valence-electron chi connectivity index (χ0n) is 21.7. The molecule has 0 radical (unpaired) electrons. The van der Waals surface area contributed by atoms with Crippen molar-refractivity contribution in [2.45, 2.75) is 38.5 Å². The van der Waals surface area contributed by atoms with Gasteiger partial charge in [0.25, 0.3) is 5.91 Å². The minimum atomic E-state index is -0.535. The van der Waals surface area contributed by atoms with Gasteiger partial charge >= 0.3 is 0 Å². The number of carbonyl (C=O) groups is 1. The predicted octanol–water partition coefficient (Wildman–Crippen LogP) is 4.11. The van der Waals surface area contributed by atoms with E-state index < -0.39 is 6.29 Å². The molecule has 2 aromatic carbocycles. The van der Waals surface area contributed by atoms with E-state index in [0.717, 1.165) is 46.7 Å². The van der Waals surface area contributed by atoms with Gasteiger partial charge in [-0.05, 0) is 83.8 Å². The highest BCUT2D eigenvalue weighted by molar-refractivity contribution is 14.1. The number of ether oxygens (including phenoxy) is 4. The molecule has 0 saturated carbocycles. The lowest BCUT2D eigenvalue weighted by Crippen LogP contribution is -2.49. The van der Waals surface area contributed by atoms with Crippen molar-refractivity contribution in [3.05, 3.63) is 69.0 Å². The number of aliphatic hydroxyl groups is 1. The van der Waals surface area contributed by atoms with Crippen LogP contribution in [-0.4, -0.2) is 73.3 Å². The molecule has 0 aromatic heterocycles. The molecule has 8 nitrogen and oxygen atoms in total. The lowest BCUT2D eigenvalue weighted by Gasteiger charge is -2.39. The maximum Gasteiger partial charge on any atom is 0.288 e. The van der Waals surface area contributed by atoms with Crippen LogP contribution in [0.3, 0.4) is 0 Å². The molecule has 38 heavy (non-hydrogen) atoms. The Morgan fingerprint density at radius 1 is 1.08 bits per heavy atom. The molecule has 5 rings (SSSR count). The summed E-state index contributed by atoms with van der Waals surface area (Å²) in [7, 11) is 0. The Morgan fingerprint density at radius 2 is 1.84 bits per heavy atom. The summed E-state index contributed by atoms with van der Waals surface area (Å²) < 4.78 is 24.3. The van der Waals surface area contributed by atoms with Crippen molar-refractivity contribution in [3.63, 3.8) is 0 Å². The molecule has 1 amide bonds. The van der Waals surface area contributed by atoms with Crippen LogP contribution in [-0.2, 0) is 20.8 Å². The van der Waals surface area contributed by atoms with E-state index in [1.54, 1.807) is 0 Å². The Balaban J connectivity index is 1.28. The number of hydrogen-bond acceptors (Lipinski definition) is 7. The molecule has 3 aliphatic rings. The molecule has 3 aliphatic heterocycles. The van der Waals surface area contributed by atoms with Crippen LogP contribution in [0.2, 0.25) is 0 Å². The number of fused-ring (bicyclic) bond motifs is 1. The lowest BCUT2D eigenvalue weighted by molar-refractivity contribution is -0.171. The molecule has 3 heterocycles. The first-order valence-electron chi connectivity index (χ1n) is 13.3. The van der Waals surface area contributed by atoms with Crippen molar-refractivity contribution < 1.29 is 28.8 Å². The Bertz CT molecular complexity index is 1130. The first-order chi connectivity index (χ1) is 18.6. The van der Waals surface area contributed by atoms with Crippen LogP contribution in [0.15, 0.2) is 54.3 Å². The summed E-state index contributed by atoms with van der Waals surface area (Å²) in [5.41, 5.74) is 2.29. The van der Waals surface area contributed by atoms with Gasteiger partial charge in [-0.25, -0.2) is 0 Å². The summed E-state index contributed by atoms with van der Waals surface area (Å²) in [6, 6.07) is 14.4. The fourth-order valence-electron chi connectivity index (χ4n) is 5.38. The number of hydrogen-bond donors (Lipinski definition) is 1. The second-order valence-electron chi connectivity index (χ2n) is 9.84. The molecule has 2 aromatic rings. The second-order valence-corrected chi connectivity index (χ2v) is 11.1. The Labute approximate surface area is 237 Å². The third-order valence-electron chi connectivity index (χ3n) is 7.38. The lowest BCUT2D eigenvalue weighted by atomic mass is 9.80. The van der Waals surface area contributed by atoms with E-state index in [0.29, 0.717) is 31.9 Å². The van der Waals surface area contributed by atoms with Gasteiger partial charge in [0, 0.05) is 61.3 Å². The number of halogens is 1. The quantitative estimate of drug-likeness (QED) is 0.416. The van der Waals surface area contributed by atoms with Crippen LogP contribution in [0, 0.1) is 9.49 Å². The largest absolute Gasteiger partial charge is 0.459 e. The number of piperazine rings is 1. The van der Waals surface area contributed by atoms with E-state index in [1.807, 2.05) is 30.0 Å². The highest BCUT2D eigenvalue weighted by atomic mass is 127. The number of amides is 1. The summed E-state index contributed by atoms with van der Waals surface area (Å²) in [6.07, 6.45) is 2.84. The third-order valence-corrected chi connectivity index (χ3v) is 8.10. The summed E-state index contributed by atoms with van der Waals surface area (Å²) in [4.78, 5) is 17.9. The van der Waals surface area contributed by atoms with Gasteiger partial charge in [-0.15, -0.1) is 0 Å². The monoisotopic (exact) mass is 634 g/mol. The van der Waals surface area contributed by atoms with Gasteiger partial charge in [0.15, 0.2) is 17.3 Å². The van der Waals surface area contributed by atoms with Crippen LogP contribution >= 0.6 is 22.6 Å². The summed E-state index contributed by atoms with van der Waals surface area (Å²) >= 11 is 2.30. The van der Waals surface area contributed by atoms with Crippen LogP contribution in [0.25, 0.3) is 0 Å². The molecule has 0 aliphatic carbocycles. The van der Waals surface area contributed by atoms with E-state index in [1.165, 1.54) is 5.56 Å². The first kappa shape index (κ1) is 27.2. The molecule has 0 spiro atoms. The summed E-state index contributed by atoms with van der Waals surface area (Å²) in [6.45, 7) is 6.42. The van der Waals surface area contributed by atoms with Crippen molar-refractivity contribution in [2.24, 2.45) is 5.92 Å². The average Bonchev–Trinajstić information content (AvgIpc) is 3.41. The van der Waals surface area contributed by atoms with Gasteiger partial charge in [-0.1, -0.05) is 18.2 Å². The average molecular weight is 635 g/mol. The Hall–Kier alpha value is -2.34. The standard InChI is InChI=1S/C29H35IN2O6/c1-2-35-29-23(4-3-15-33)24(21-6-8-22(30)9-7-21)17-27(38-29)28(34)32-13-11-31(12-14-32)18-20-5-10-25-26(16-20)37-19-36-25/h5-10,16-17,23-24,29,33H,2-4,11-15,18-19H2,1H3/t23-,24-,29-/m0/s1. The molecule has 1 fully saturated rings. The number of nitrogens with zero attached hydrogens (tertiary/aromatic N) is 2. The number of benzene rings is 2. The van der Waals surface area contributed by atoms with Crippen LogP contribution in [0.5, 0.6) is 11.5 Å². The van der Waals surface area contributed by atoms with Crippen molar-refractivity contribution in [1.82, 2.24) is 9.80 Å². The Morgan fingerprint density at radius 3 is 2.58 bits per heavy atom. The number of allylic oxidation sites excluding steroid dienone is 1. The van der Waals surface area contributed by atoms with E-state index in [2.05, 4.69) is 57.8 Å². The molecule has 1 saturated heterocycles. The highest BCUT2D eigenvalue weighted by Crippen LogP contribution is 2.40. The van der Waals surface area contributed by atoms with Gasteiger partial charge in [0.1, 0.15) is 0 Å². The molecule has 204 valence electrons. The minimum Gasteiger partial charge on any atom is -0.459 e. The van der Waals surface area contributed by atoms with Gasteiger partial charge in [-0.3, -0.25) is 9.69 Å². The SMILES string of the molecule is CCO[C@H]1OC(C(=O)N2CCN(Cc3ccc4c(c3)OCO4)CC2)=C[C@@H](c2ccc(I)cc2)[C@@H]1CCCO. The highest BCUT2D eigenvalue weighted by Gasteiger charge is 2.39. The van der Waals surface area contributed by atoms with Crippen LogP contribution in [0.1, 0.15) is 36.8 Å². The smallest absolute Gasteiger partial charge is 0.288 e. The van der Waals surface area contributed by atoms with E-state index >= 15 is 0 Å². The van der Waals surface area contributed by atoms with Crippen LogP contribution < -0.4 is 9.47 Å². The summed E-state index contributed by atoms with van der Waals surface area (Å²) in [5.74, 6) is 1.83. The van der Waals surface area contributed by atoms with Crippen LogP contribution in [0.4, 0.5) is 0 Å². The zero-order valence-corrected chi connectivity index (χ0v) is 23.8. The van der Waals surface area contributed by atoms with Crippen molar-refractivity contribution in [2.75, 3.05) is 46.2 Å². The maximum atomic E-state index is 13.6. The molecule has 0 bridgehead atoms. The van der Waals surface area contributed by atoms with E-state index in [9.17, 15) is 9.90 Å². The molecular weight excluding hydrogens is 599 g/mol. The van der Waals surface area contributed by atoms with Crippen molar-refractivity contribution in [3.8, 4) is 11.5 Å². The first-order valence-corrected chi connectivity index (χ1v) is 14.4. The fraction of sp³-hybridized carbons (Fsp3) is 0.483. The summed E-state index contributed by atoms with van der Waals surface area (Å²) in [5, 5.41) is 9.50. The molecule has 1 N–H and O–H groups in total. The van der Waals surface area contributed by atoms with Gasteiger partial charge in [0.2, 0.25) is 13.1 Å². The topological polar surface area (TPSA) is 80.7 Å². The predicted molar refractivity (Wildman–Crippen MR) is 151 cm³/mol. The van der Waals surface area contributed by atoms with Gasteiger partial charge in [-0.2, -0.15) is 0 Å². The maximum absolute atomic E-state index is 13.6. The Kier molecular flexibility index (Phi) is 9.08. The minimum absolute atomic E-state index is 0.0114. The number of carbonyl (C=O) groups excluding carboxylic acids is 1. The molecule has 9 heteroatoms. The van der Waals surface area contributed by atoms with Crippen molar-refractivity contribution in [1.29, 1.82) is 0 Å². The van der Waals surface area contributed by atoms with Gasteiger partial charge < -0.3 is 29.0 Å². The molecule has 0 unspecified atom stereocenters. The van der Waals surface area contributed by atoms with Crippen molar-refractivity contribution >= 4 is 28.5 Å². The molecular formula is C29H35IN2O6. The fourth-order valence-corrected chi connectivity index (χ4v) is 5.74. The second kappa shape index (κ2) is 12.7. The number of aliphatic hydroxyl groups excluding tert-OH is 1. The van der Waals surface area contributed by atoms with E-state index in [4.69, 9.17) is 18.9 Å². The number of rotatable bonds is 9. The normalized spacial score (nSPS) is 23.2. The van der Waals surface area contributed by atoms with E-state index in [-0.39, 0.29) is 31.1 Å². The molecule has 3 atom stereocenters. The third kappa shape index (κ3) is 6.27. The van der Waals surface area contributed by atoms with Gasteiger partial charge in [0.05, 0.1) is 0 Å².